The van der Waals surface area contributed by atoms with Crippen molar-refractivity contribution < 1.29 is 19.8 Å². The highest BCUT2D eigenvalue weighted by Gasteiger charge is 2.44. The van der Waals surface area contributed by atoms with Gasteiger partial charge in [-0.15, -0.1) is 0 Å². The van der Waals surface area contributed by atoms with Gasteiger partial charge in [0.05, 0.1) is 20.1 Å². The van der Waals surface area contributed by atoms with Crippen LogP contribution in [0, 0.1) is 12.6 Å². The molecule has 0 aliphatic carbocycles. The fourth-order valence-corrected chi connectivity index (χ4v) is 3.36. The number of carboxylic acids is 1. The normalized spacial score (nSPS) is 12.1. The number of halogens is 2. The summed E-state index contributed by atoms with van der Waals surface area (Å²) in [5.74, 6) is -1.60. The highest BCUT2D eigenvalue weighted by Crippen LogP contribution is 2.32. The second kappa shape index (κ2) is 6.27. The van der Waals surface area contributed by atoms with Gasteiger partial charge in [-0.1, -0.05) is 0 Å². The Bertz CT molecular complexity index is 597. The summed E-state index contributed by atoms with van der Waals surface area (Å²) in [7, 11) is 0. The summed E-state index contributed by atoms with van der Waals surface area (Å²) in [5, 5.41) is 22.0. The van der Waals surface area contributed by atoms with E-state index in [0.717, 1.165) is 3.57 Å². The first-order valence-corrected chi connectivity index (χ1v) is 8.30. The minimum Gasteiger partial charge on any atom is -0.506 e. The molecule has 1 aromatic carbocycles. The molecular weight excluding hydrogens is 500 g/mol. The number of aliphatic carboxylic acids is 1. The minimum atomic E-state index is -1.16. The summed E-state index contributed by atoms with van der Waals surface area (Å²) in [6.45, 7) is 6.39. The van der Waals surface area contributed by atoms with E-state index in [1.807, 2.05) is 22.6 Å². The number of rotatable bonds is 4. The maximum Gasteiger partial charge on any atom is 0.311 e. The van der Waals surface area contributed by atoms with Crippen molar-refractivity contribution in [3.8, 4) is 5.75 Å². The van der Waals surface area contributed by atoms with Crippen molar-refractivity contribution in [1.29, 1.82) is 0 Å². The number of hydrogen-bond acceptors (Lipinski definition) is 3. The zero-order valence-corrected chi connectivity index (χ0v) is 16.4. The maximum atomic E-state index is 12.4. The van der Waals surface area contributed by atoms with Gasteiger partial charge >= 0.3 is 5.97 Å². The number of hydrogen-bond donors (Lipinski definition) is 3. The van der Waals surface area contributed by atoms with E-state index in [1.54, 1.807) is 39.8 Å². The summed E-state index contributed by atoms with van der Waals surface area (Å²) in [6.07, 6.45) is 0. The van der Waals surface area contributed by atoms with Crippen LogP contribution < -0.4 is 5.32 Å². The molecule has 5 nitrogen and oxygen atoms in total. The first-order valence-electron chi connectivity index (χ1n) is 6.14. The highest BCUT2D eigenvalue weighted by atomic mass is 127. The number of carbonyl (C=O) groups excluding carboxylic acids is 1. The predicted octanol–water partition coefficient (Wildman–Crippen LogP) is 3.22. The lowest BCUT2D eigenvalue weighted by molar-refractivity contribution is -0.150. The number of carbonyl (C=O) groups is 2. The maximum absolute atomic E-state index is 12.4. The van der Waals surface area contributed by atoms with Crippen LogP contribution in [0.2, 0.25) is 0 Å². The molecule has 0 saturated heterocycles. The van der Waals surface area contributed by atoms with Crippen LogP contribution >= 0.6 is 45.2 Å². The van der Waals surface area contributed by atoms with E-state index in [-0.39, 0.29) is 11.3 Å². The van der Waals surface area contributed by atoms with Crippen molar-refractivity contribution in [2.75, 3.05) is 0 Å². The molecule has 0 bridgehead atoms. The number of phenolic OH excluding ortho intramolecular Hbond substituents is 1. The Kier molecular flexibility index (Phi) is 5.51. The number of carboxylic acid groups (broad SMARTS) is 1. The van der Waals surface area contributed by atoms with Gasteiger partial charge in [0.2, 0.25) is 0 Å². The molecule has 1 rings (SSSR count). The third kappa shape index (κ3) is 3.79. The van der Waals surface area contributed by atoms with E-state index < -0.39 is 22.8 Å². The average molecular weight is 517 g/mol. The first kappa shape index (κ1) is 18.5. The zero-order chi connectivity index (χ0) is 16.6. The summed E-state index contributed by atoms with van der Waals surface area (Å²) in [4.78, 5) is 23.7. The number of amides is 1. The van der Waals surface area contributed by atoms with Gasteiger partial charge in [0.15, 0.2) is 0 Å². The van der Waals surface area contributed by atoms with Crippen molar-refractivity contribution >= 4 is 57.1 Å². The number of aromatic hydroxyl groups is 1. The van der Waals surface area contributed by atoms with E-state index in [9.17, 15) is 19.8 Å². The molecule has 0 aliphatic rings. The quantitative estimate of drug-likeness (QED) is 0.536. The van der Waals surface area contributed by atoms with E-state index in [2.05, 4.69) is 27.9 Å². The Balaban J connectivity index is 3.15. The molecular formula is C14H17I2NO4. The lowest BCUT2D eigenvalue weighted by atomic mass is 9.74. The monoisotopic (exact) mass is 517 g/mol. The Labute approximate surface area is 150 Å². The number of phenols is 1. The number of nitrogens with one attached hydrogen (secondary N) is 1. The molecule has 0 heterocycles. The molecule has 0 saturated carbocycles. The van der Waals surface area contributed by atoms with Gasteiger partial charge < -0.3 is 15.5 Å². The molecule has 0 atom stereocenters. The molecule has 0 aromatic heterocycles. The molecule has 0 aliphatic heterocycles. The Morgan fingerprint density at radius 2 is 1.67 bits per heavy atom. The van der Waals surface area contributed by atoms with Crippen molar-refractivity contribution in [3.63, 3.8) is 0 Å². The van der Waals surface area contributed by atoms with Gasteiger partial charge in [-0.25, -0.2) is 0 Å². The molecule has 0 unspecified atom stereocenters. The lowest BCUT2D eigenvalue weighted by Gasteiger charge is -2.38. The van der Waals surface area contributed by atoms with E-state index in [4.69, 9.17) is 0 Å². The van der Waals surface area contributed by atoms with Crippen LogP contribution in [0.15, 0.2) is 12.1 Å². The smallest absolute Gasteiger partial charge is 0.311 e. The second-order valence-electron chi connectivity index (χ2n) is 5.79. The fourth-order valence-electron chi connectivity index (χ4n) is 1.51. The van der Waals surface area contributed by atoms with Crippen molar-refractivity contribution in [3.05, 3.63) is 24.8 Å². The Morgan fingerprint density at radius 3 is 2.14 bits per heavy atom. The first-order chi connectivity index (χ1) is 9.40. The lowest BCUT2D eigenvalue weighted by Crippen LogP contribution is -2.57. The van der Waals surface area contributed by atoms with Gasteiger partial charge in [0.1, 0.15) is 5.75 Å². The molecule has 0 spiro atoms. The highest BCUT2D eigenvalue weighted by molar-refractivity contribution is 14.1. The zero-order valence-electron chi connectivity index (χ0n) is 12.1. The molecule has 1 amide bonds. The Morgan fingerprint density at radius 1 is 1.14 bits per heavy atom. The summed E-state index contributed by atoms with van der Waals surface area (Å²) >= 11 is 4.00. The topological polar surface area (TPSA) is 86.6 Å². The SMILES string of the molecule is CC(C)(NC(=O)c1cc(I)cc(I)c1O)C(C)(C)C(=O)O. The van der Waals surface area contributed by atoms with E-state index in [0.29, 0.717) is 3.57 Å². The third-order valence-electron chi connectivity index (χ3n) is 3.80. The predicted molar refractivity (Wildman–Crippen MR) is 96.5 cm³/mol. The fraction of sp³-hybridized carbons (Fsp3) is 0.429. The molecule has 7 heteroatoms. The Hall–Kier alpha value is -0.580. The van der Waals surface area contributed by atoms with Gasteiger partial charge in [-0.2, -0.15) is 0 Å². The minimum absolute atomic E-state index is 0.0996. The second-order valence-corrected chi connectivity index (χ2v) is 8.20. The average Bonchev–Trinajstić information content (AvgIpc) is 2.32. The van der Waals surface area contributed by atoms with Crippen LogP contribution in [0.4, 0.5) is 0 Å². The van der Waals surface area contributed by atoms with Crippen LogP contribution in [0.25, 0.3) is 0 Å². The van der Waals surface area contributed by atoms with Gasteiger partial charge in [-0.3, -0.25) is 9.59 Å². The van der Waals surface area contributed by atoms with E-state index >= 15 is 0 Å². The third-order valence-corrected chi connectivity index (χ3v) is 5.24. The summed E-state index contributed by atoms with van der Waals surface area (Å²) < 4.78 is 1.38. The molecule has 1 aromatic rings. The van der Waals surface area contributed by atoms with Gasteiger partial charge in [-0.05, 0) is 85.0 Å². The van der Waals surface area contributed by atoms with Gasteiger partial charge in [0, 0.05) is 3.57 Å². The largest absolute Gasteiger partial charge is 0.506 e. The molecule has 0 radical (unpaired) electrons. The molecule has 116 valence electrons. The summed E-state index contributed by atoms with van der Waals surface area (Å²) in [5.41, 5.74) is -2.01. The van der Waals surface area contributed by atoms with Crippen molar-refractivity contribution in [1.82, 2.24) is 5.32 Å². The van der Waals surface area contributed by atoms with Crippen molar-refractivity contribution in [2.45, 2.75) is 33.2 Å². The van der Waals surface area contributed by atoms with Crippen LogP contribution in [0.1, 0.15) is 38.1 Å². The van der Waals surface area contributed by atoms with Crippen LogP contribution in [0.5, 0.6) is 5.75 Å². The number of benzene rings is 1. The van der Waals surface area contributed by atoms with Gasteiger partial charge in [0.25, 0.3) is 5.91 Å². The molecule has 0 fully saturated rings. The van der Waals surface area contributed by atoms with Crippen LogP contribution in [-0.2, 0) is 4.79 Å². The van der Waals surface area contributed by atoms with Crippen LogP contribution in [-0.4, -0.2) is 27.6 Å². The molecule has 3 N–H and O–H groups in total. The van der Waals surface area contributed by atoms with Crippen LogP contribution in [0.3, 0.4) is 0 Å². The summed E-state index contributed by atoms with van der Waals surface area (Å²) in [6, 6.07) is 3.32. The van der Waals surface area contributed by atoms with Crippen molar-refractivity contribution in [2.24, 2.45) is 5.41 Å². The molecule has 21 heavy (non-hydrogen) atoms. The standard InChI is InChI=1S/C14H17I2NO4/c1-13(2,12(20)21)14(3,4)17-11(19)8-5-7(15)6-9(16)10(8)18/h5-6,18H,1-4H3,(H,17,19)(H,20,21). The van der Waals surface area contributed by atoms with E-state index in [1.165, 1.54) is 0 Å².